The first-order chi connectivity index (χ1) is 7.72. The molecule has 1 aliphatic heterocycles. The molecule has 4 nitrogen and oxygen atoms in total. The maximum atomic E-state index is 10.5. The molecular formula is C12H20N2O2. The molecule has 0 bridgehead atoms. The van der Waals surface area contributed by atoms with Crippen LogP contribution < -0.4 is 0 Å². The van der Waals surface area contributed by atoms with Crippen molar-refractivity contribution in [1.29, 1.82) is 0 Å². The van der Waals surface area contributed by atoms with Crippen molar-refractivity contribution in [2.45, 2.75) is 19.3 Å². The van der Waals surface area contributed by atoms with Gasteiger partial charge in [-0.1, -0.05) is 0 Å². The van der Waals surface area contributed by atoms with E-state index in [9.17, 15) is 4.79 Å². The first-order valence-electron chi connectivity index (χ1n) is 5.82. The molecule has 4 heteroatoms. The first-order valence-corrected chi connectivity index (χ1v) is 5.82. The van der Waals surface area contributed by atoms with Crippen molar-refractivity contribution in [3.63, 3.8) is 0 Å². The summed E-state index contributed by atoms with van der Waals surface area (Å²) in [6.07, 6.45) is 8.28. The largest absolute Gasteiger partial charge is 0.480 e. The molecule has 0 aromatic rings. The Morgan fingerprint density at radius 3 is 2.38 bits per heavy atom. The van der Waals surface area contributed by atoms with Crippen molar-refractivity contribution < 1.29 is 9.90 Å². The van der Waals surface area contributed by atoms with Gasteiger partial charge in [-0.05, 0) is 19.4 Å². The van der Waals surface area contributed by atoms with Crippen LogP contribution in [-0.4, -0.2) is 60.1 Å². The number of carbonyl (C=O) groups is 1. The predicted octanol–water partition coefficient (Wildman–Crippen LogP) is 0.492. The summed E-state index contributed by atoms with van der Waals surface area (Å²) in [5.41, 5.74) is 0. The van der Waals surface area contributed by atoms with Gasteiger partial charge < -0.3 is 10.0 Å². The average Bonchev–Trinajstić information content (AvgIpc) is 2.26. The highest BCUT2D eigenvalue weighted by Gasteiger charge is 2.17. The number of piperazine rings is 1. The van der Waals surface area contributed by atoms with Crippen LogP contribution in [0.4, 0.5) is 0 Å². The zero-order valence-electron chi connectivity index (χ0n) is 9.69. The first kappa shape index (κ1) is 13.0. The van der Waals surface area contributed by atoms with Crippen LogP contribution in [0.2, 0.25) is 0 Å². The highest BCUT2D eigenvalue weighted by Crippen LogP contribution is 2.04. The van der Waals surface area contributed by atoms with E-state index < -0.39 is 5.97 Å². The van der Waals surface area contributed by atoms with E-state index in [1.54, 1.807) is 0 Å². The lowest BCUT2D eigenvalue weighted by atomic mass is 10.2. The minimum Gasteiger partial charge on any atom is -0.480 e. The maximum absolute atomic E-state index is 10.5. The molecule has 90 valence electrons. The Hall–Kier alpha value is -1.05. The molecule has 0 aromatic heterocycles. The summed E-state index contributed by atoms with van der Waals surface area (Å²) < 4.78 is 0. The van der Waals surface area contributed by atoms with E-state index in [0.29, 0.717) is 0 Å². The molecule has 0 aliphatic carbocycles. The molecule has 1 fully saturated rings. The Balaban J connectivity index is 2.08. The third kappa shape index (κ3) is 5.15. The molecule has 1 N–H and O–H groups in total. The van der Waals surface area contributed by atoms with Crippen molar-refractivity contribution in [3.05, 3.63) is 0 Å². The number of carboxylic acid groups (broad SMARTS) is 1. The summed E-state index contributed by atoms with van der Waals surface area (Å²) in [7, 11) is 0. The molecule has 0 spiro atoms. The lowest BCUT2D eigenvalue weighted by molar-refractivity contribution is -0.138. The zero-order valence-corrected chi connectivity index (χ0v) is 9.69. The van der Waals surface area contributed by atoms with Crippen LogP contribution in [0, 0.1) is 12.3 Å². The number of rotatable bonds is 6. The molecule has 16 heavy (non-hydrogen) atoms. The molecule has 1 aliphatic rings. The van der Waals surface area contributed by atoms with Crippen molar-refractivity contribution >= 4 is 5.97 Å². The van der Waals surface area contributed by atoms with E-state index in [2.05, 4.69) is 10.8 Å². The van der Waals surface area contributed by atoms with E-state index in [1.165, 1.54) is 0 Å². The van der Waals surface area contributed by atoms with Crippen molar-refractivity contribution in [3.8, 4) is 12.3 Å². The van der Waals surface area contributed by atoms with Crippen molar-refractivity contribution in [2.24, 2.45) is 0 Å². The highest BCUT2D eigenvalue weighted by molar-refractivity contribution is 5.69. The summed E-state index contributed by atoms with van der Waals surface area (Å²) >= 11 is 0. The van der Waals surface area contributed by atoms with E-state index >= 15 is 0 Å². The van der Waals surface area contributed by atoms with Gasteiger partial charge in [0, 0.05) is 32.6 Å². The number of hydrogen-bond acceptors (Lipinski definition) is 3. The average molecular weight is 224 g/mol. The van der Waals surface area contributed by atoms with Gasteiger partial charge in [-0.25, -0.2) is 0 Å². The lowest BCUT2D eigenvalue weighted by Crippen LogP contribution is -2.48. The van der Waals surface area contributed by atoms with Crippen molar-refractivity contribution in [2.75, 3.05) is 39.3 Å². The summed E-state index contributed by atoms with van der Waals surface area (Å²) in [5.74, 6) is 1.91. The monoisotopic (exact) mass is 224 g/mol. The van der Waals surface area contributed by atoms with Crippen LogP contribution in [0.15, 0.2) is 0 Å². The second kappa shape index (κ2) is 7.26. The Kier molecular flexibility index (Phi) is 5.91. The minimum atomic E-state index is -0.734. The van der Waals surface area contributed by atoms with E-state index in [4.69, 9.17) is 11.5 Å². The van der Waals surface area contributed by atoms with Crippen LogP contribution in [0.5, 0.6) is 0 Å². The minimum absolute atomic E-state index is 0.172. The summed E-state index contributed by atoms with van der Waals surface area (Å²) in [6.45, 7) is 4.93. The Morgan fingerprint density at radius 1 is 1.19 bits per heavy atom. The predicted molar refractivity (Wildman–Crippen MR) is 63.2 cm³/mol. The van der Waals surface area contributed by atoms with Gasteiger partial charge in [0.2, 0.25) is 0 Å². The number of aliphatic carboxylic acids is 1. The molecular weight excluding hydrogens is 204 g/mol. The Bertz CT molecular complexity index is 252. The van der Waals surface area contributed by atoms with E-state index in [1.807, 2.05) is 4.90 Å². The normalized spacial score (nSPS) is 18.2. The quantitative estimate of drug-likeness (QED) is 0.527. The van der Waals surface area contributed by atoms with Gasteiger partial charge in [0.1, 0.15) is 0 Å². The van der Waals surface area contributed by atoms with Gasteiger partial charge in [0.05, 0.1) is 6.54 Å². The fraction of sp³-hybridized carbons (Fsp3) is 0.750. The molecule has 1 rings (SSSR count). The van der Waals surface area contributed by atoms with Crippen LogP contribution in [-0.2, 0) is 4.79 Å². The summed E-state index contributed by atoms with van der Waals surface area (Å²) in [5, 5.41) is 8.66. The fourth-order valence-electron chi connectivity index (χ4n) is 1.92. The third-order valence-electron chi connectivity index (χ3n) is 2.87. The van der Waals surface area contributed by atoms with Crippen LogP contribution in [0.3, 0.4) is 0 Å². The molecule has 1 heterocycles. The van der Waals surface area contributed by atoms with Gasteiger partial charge in [-0.15, -0.1) is 12.3 Å². The lowest BCUT2D eigenvalue weighted by Gasteiger charge is -2.33. The number of unbranched alkanes of at least 4 members (excludes halogenated alkanes) is 2. The van der Waals surface area contributed by atoms with E-state index in [0.717, 1.165) is 52.0 Å². The molecule has 1 saturated heterocycles. The number of carboxylic acids is 1. The second-order valence-electron chi connectivity index (χ2n) is 4.17. The Morgan fingerprint density at radius 2 is 1.81 bits per heavy atom. The number of nitrogens with zero attached hydrogens (tertiary/aromatic N) is 2. The standard InChI is InChI=1S/C12H20N2O2/c1-2-3-4-5-6-13-7-9-14(10-8-13)11-12(15)16/h1H,3-11H2,(H,15,16). The van der Waals surface area contributed by atoms with Crippen LogP contribution >= 0.6 is 0 Å². The van der Waals surface area contributed by atoms with Gasteiger partial charge >= 0.3 is 5.97 Å². The zero-order chi connectivity index (χ0) is 11.8. The summed E-state index contributed by atoms with van der Waals surface area (Å²) in [4.78, 5) is 14.9. The molecule has 0 atom stereocenters. The number of hydrogen-bond donors (Lipinski definition) is 1. The number of terminal acetylenes is 1. The molecule has 0 saturated carbocycles. The van der Waals surface area contributed by atoms with Gasteiger partial charge in [0.15, 0.2) is 0 Å². The fourth-order valence-corrected chi connectivity index (χ4v) is 1.92. The molecule has 0 aromatic carbocycles. The maximum Gasteiger partial charge on any atom is 0.317 e. The molecule has 0 radical (unpaired) electrons. The van der Waals surface area contributed by atoms with E-state index in [-0.39, 0.29) is 6.54 Å². The SMILES string of the molecule is C#CCCCCN1CCN(CC(=O)O)CC1. The smallest absolute Gasteiger partial charge is 0.317 e. The van der Waals surface area contributed by atoms with Gasteiger partial charge in [-0.3, -0.25) is 9.69 Å². The highest BCUT2D eigenvalue weighted by atomic mass is 16.4. The van der Waals surface area contributed by atoms with Gasteiger partial charge in [0.25, 0.3) is 0 Å². The van der Waals surface area contributed by atoms with Crippen LogP contribution in [0.25, 0.3) is 0 Å². The van der Waals surface area contributed by atoms with Crippen LogP contribution in [0.1, 0.15) is 19.3 Å². The summed E-state index contributed by atoms with van der Waals surface area (Å²) in [6, 6.07) is 0. The van der Waals surface area contributed by atoms with Crippen molar-refractivity contribution in [1.82, 2.24) is 9.80 Å². The second-order valence-corrected chi connectivity index (χ2v) is 4.17. The Labute approximate surface area is 97.2 Å². The molecule has 0 amide bonds. The molecule has 0 unspecified atom stereocenters. The third-order valence-corrected chi connectivity index (χ3v) is 2.87. The topological polar surface area (TPSA) is 43.8 Å². The van der Waals surface area contributed by atoms with Gasteiger partial charge in [-0.2, -0.15) is 0 Å².